The van der Waals surface area contributed by atoms with Crippen LogP contribution >= 0.6 is 0 Å². The highest BCUT2D eigenvalue weighted by Crippen LogP contribution is 2.05. The maximum atomic E-state index is 11.9. The van der Waals surface area contributed by atoms with E-state index in [2.05, 4.69) is 5.32 Å². The molecule has 0 bridgehead atoms. The fourth-order valence-corrected chi connectivity index (χ4v) is 1.63. The van der Waals surface area contributed by atoms with E-state index in [-0.39, 0.29) is 0 Å². The first-order chi connectivity index (χ1) is 9.58. The largest absolute Gasteiger partial charge is 0.480 e. The molecule has 0 radical (unpaired) electrons. The zero-order valence-corrected chi connectivity index (χ0v) is 11.1. The molecule has 6 heteroatoms. The molecule has 1 amide bonds. The number of nitrogens with one attached hydrogen (secondary N) is 1. The molecule has 2 N–H and O–H groups in total. The van der Waals surface area contributed by atoms with Crippen molar-refractivity contribution in [2.24, 2.45) is 0 Å². The average molecular weight is 276 g/mol. The van der Waals surface area contributed by atoms with Gasteiger partial charge in [-0.25, -0.2) is 4.79 Å². The topological polar surface area (TPSA) is 99.4 Å². The van der Waals surface area contributed by atoms with Gasteiger partial charge in [0, 0.05) is 19.3 Å². The van der Waals surface area contributed by atoms with Crippen LogP contribution in [0.4, 0.5) is 0 Å². The number of ether oxygens (including phenoxy) is 1. The molecule has 0 aliphatic rings. The Hall–Kier alpha value is -2.39. The van der Waals surface area contributed by atoms with Crippen molar-refractivity contribution in [1.82, 2.24) is 5.32 Å². The molecular weight excluding hydrogens is 260 g/mol. The molecule has 1 atom stereocenters. The number of carboxylic acid groups (broad SMARTS) is 1. The SMILES string of the molecule is COCCCC(NC(=O)c1ccc(C#N)cc1)C(=O)O. The molecule has 0 spiro atoms. The Bertz CT molecular complexity index is 505. The molecule has 0 aliphatic heterocycles. The van der Waals surface area contributed by atoms with Gasteiger partial charge in [0.1, 0.15) is 6.04 Å². The summed E-state index contributed by atoms with van der Waals surface area (Å²) in [6.07, 6.45) is 0.840. The van der Waals surface area contributed by atoms with Crippen LogP contribution in [0.2, 0.25) is 0 Å². The zero-order chi connectivity index (χ0) is 15.0. The molecule has 6 nitrogen and oxygen atoms in total. The molecule has 0 heterocycles. The van der Waals surface area contributed by atoms with Gasteiger partial charge in [-0.15, -0.1) is 0 Å². The summed E-state index contributed by atoms with van der Waals surface area (Å²) in [4.78, 5) is 23.0. The third-order valence-corrected chi connectivity index (χ3v) is 2.72. The van der Waals surface area contributed by atoms with Crippen molar-refractivity contribution in [1.29, 1.82) is 5.26 Å². The van der Waals surface area contributed by atoms with Crippen LogP contribution in [0.1, 0.15) is 28.8 Å². The van der Waals surface area contributed by atoms with E-state index >= 15 is 0 Å². The Balaban J connectivity index is 2.65. The molecule has 20 heavy (non-hydrogen) atoms. The second kappa shape index (κ2) is 7.92. The van der Waals surface area contributed by atoms with Crippen molar-refractivity contribution in [3.05, 3.63) is 35.4 Å². The van der Waals surface area contributed by atoms with Gasteiger partial charge in [-0.3, -0.25) is 4.79 Å². The second-order valence-corrected chi connectivity index (χ2v) is 4.19. The number of carboxylic acids is 1. The fraction of sp³-hybridized carbons (Fsp3) is 0.357. The highest BCUT2D eigenvalue weighted by molar-refractivity contribution is 5.96. The predicted octanol–water partition coefficient (Wildman–Crippen LogP) is 1.17. The van der Waals surface area contributed by atoms with Crippen LogP contribution in [0.5, 0.6) is 0 Å². The van der Waals surface area contributed by atoms with Crippen LogP contribution in [0.3, 0.4) is 0 Å². The average Bonchev–Trinajstić information content (AvgIpc) is 2.46. The van der Waals surface area contributed by atoms with Crippen molar-refractivity contribution in [2.45, 2.75) is 18.9 Å². The smallest absolute Gasteiger partial charge is 0.326 e. The number of benzene rings is 1. The van der Waals surface area contributed by atoms with E-state index in [0.29, 0.717) is 30.6 Å². The van der Waals surface area contributed by atoms with Crippen LogP contribution in [0.25, 0.3) is 0 Å². The van der Waals surface area contributed by atoms with Crippen molar-refractivity contribution >= 4 is 11.9 Å². The summed E-state index contributed by atoms with van der Waals surface area (Å²) in [6.45, 7) is 0.441. The van der Waals surface area contributed by atoms with Gasteiger partial charge in [0.2, 0.25) is 0 Å². The maximum Gasteiger partial charge on any atom is 0.326 e. The first-order valence-electron chi connectivity index (χ1n) is 6.11. The Morgan fingerprint density at radius 2 is 2.05 bits per heavy atom. The molecule has 1 rings (SSSR count). The number of nitriles is 1. The Morgan fingerprint density at radius 1 is 1.40 bits per heavy atom. The van der Waals surface area contributed by atoms with Crippen molar-refractivity contribution in [3.63, 3.8) is 0 Å². The Morgan fingerprint density at radius 3 is 2.55 bits per heavy atom. The molecule has 1 aromatic carbocycles. The first-order valence-corrected chi connectivity index (χ1v) is 6.11. The van der Waals surface area contributed by atoms with E-state index in [0.717, 1.165) is 0 Å². The van der Waals surface area contributed by atoms with Crippen LogP contribution in [0.15, 0.2) is 24.3 Å². The van der Waals surface area contributed by atoms with Gasteiger partial charge in [0.05, 0.1) is 11.6 Å². The van der Waals surface area contributed by atoms with E-state index in [9.17, 15) is 9.59 Å². The summed E-state index contributed by atoms with van der Waals surface area (Å²) < 4.78 is 4.85. The Kier molecular flexibility index (Phi) is 6.20. The Labute approximate surface area is 117 Å². The fourth-order valence-electron chi connectivity index (χ4n) is 1.63. The zero-order valence-electron chi connectivity index (χ0n) is 11.1. The van der Waals surface area contributed by atoms with Gasteiger partial charge in [0.15, 0.2) is 0 Å². The highest BCUT2D eigenvalue weighted by Gasteiger charge is 2.20. The highest BCUT2D eigenvalue weighted by atomic mass is 16.5. The summed E-state index contributed by atoms with van der Waals surface area (Å²) in [5.74, 6) is -1.55. The molecule has 106 valence electrons. The minimum Gasteiger partial charge on any atom is -0.480 e. The van der Waals surface area contributed by atoms with Crippen molar-refractivity contribution in [3.8, 4) is 6.07 Å². The molecule has 0 saturated carbocycles. The molecule has 1 aromatic rings. The molecular formula is C14H16N2O4. The monoisotopic (exact) mass is 276 g/mol. The van der Waals surface area contributed by atoms with Gasteiger partial charge < -0.3 is 15.2 Å². The molecule has 0 aromatic heterocycles. The van der Waals surface area contributed by atoms with Crippen LogP contribution in [0, 0.1) is 11.3 Å². The predicted molar refractivity (Wildman–Crippen MR) is 71.2 cm³/mol. The second-order valence-electron chi connectivity index (χ2n) is 4.19. The third kappa shape index (κ3) is 4.71. The molecule has 0 fully saturated rings. The molecule has 1 unspecified atom stereocenters. The summed E-state index contributed by atoms with van der Waals surface area (Å²) in [5, 5.41) is 20.2. The minimum absolute atomic E-state index is 0.297. The van der Waals surface area contributed by atoms with Crippen molar-refractivity contribution < 1.29 is 19.4 Å². The van der Waals surface area contributed by atoms with Gasteiger partial charge in [-0.1, -0.05) is 0 Å². The summed E-state index contributed by atoms with van der Waals surface area (Å²) in [6, 6.07) is 6.99. The summed E-state index contributed by atoms with van der Waals surface area (Å²) in [5.41, 5.74) is 0.762. The van der Waals surface area contributed by atoms with E-state index in [1.807, 2.05) is 6.07 Å². The van der Waals surface area contributed by atoms with Gasteiger partial charge in [-0.2, -0.15) is 5.26 Å². The van der Waals surface area contributed by atoms with Crippen LogP contribution < -0.4 is 5.32 Å². The van der Waals surface area contributed by atoms with E-state index in [1.54, 1.807) is 0 Å². The van der Waals surface area contributed by atoms with Crippen LogP contribution in [-0.2, 0) is 9.53 Å². The number of hydrogen-bond acceptors (Lipinski definition) is 4. The first kappa shape index (κ1) is 15.7. The number of carbonyl (C=O) groups is 2. The number of aliphatic carboxylic acids is 1. The third-order valence-electron chi connectivity index (χ3n) is 2.72. The number of methoxy groups -OCH3 is 1. The lowest BCUT2D eigenvalue weighted by molar-refractivity contribution is -0.139. The van der Waals surface area contributed by atoms with E-state index < -0.39 is 17.9 Å². The number of nitrogens with zero attached hydrogens (tertiary/aromatic N) is 1. The minimum atomic E-state index is -1.08. The van der Waals surface area contributed by atoms with E-state index in [4.69, 9.17) is 15.1 Å². The number of amides is 1. The summed E-state index contributed by atoms with van der Waals surface area (Å²) in [7, 11) is 1.53. The molecule has 0 saturated heterocycles. The number of carbonyl (C=O) groups excluding carboxylic acids is 1. The number of rotatable bonds is 7. The van der Waals surface area contributed by atoms with Gasteiger partial charge >= 0.3 is 5.97 Å². The normalized spacial score (nSPS) is 11.4. The standard InChI is InChI=1S/C14H16N2O4/c1-20-8-2-3-12(14(18)19)16-13(17)11-6-4-10(9-15)5-7-11/h4-7,12H,2-3,8H2,1H3,(H,16,17)(H,18,19). The molecule has 0 aliphatic carbocycles. The van der Waals surface area contributed by atoms with Gasteiger partial charge in [-0.05, 0) is 37.1 Å². The quantitative estimate of drug-likeness (QED) is 0.728. The lowest BCUT2D eigenvalue weighted by Gasteiger charge is -2.14. The van der Waals surface area contributed by atoms with E-state index in [1.165, 1.54) is 31.4 Å². The lowest BCUT2D eigenvalue weighted by Crippen LogP contribution is -2.40. The maximum absolute atomic E-state index is 11.9. The lowest BCUT2D eigenvalue weighted by atomic mass is 10.1. The van der Waals surface area contributed by atoms with Crippen molar-refractivity contribution in [2.75, 3.05) is 13.7 Å². The van der Waals surface area contributed by atoms with Gasteiger partial charge in [0.25, 0.3) is 5.91 Å². The number of hydrogen-bond donors (Lipinski definition) is 2. The summed E-state index contributed by atoms with van der Waals surface area (Å²) >= 11 is 0. The van der Waals surface area contributed by atoms with Crippen LogP contribution in [-0.4, -0.2) is 36.7 Å².